The molecule has 0 radical (unpaired) electrons. The standard InChI is InChI=1S/C7H14N2.2C2H6/c1-4-5-9-6-7(2)8-3;2*1-2/h4-8H,1-3H3;2*1-2H3/b5-4-,9-6?;;. The van der Waals surface area contributed by atoms with Crippen LogP contribution < -0.4 is 5.32 Å². The maximum absolute atomic E-state index is 3.99. The summed E-state index contributed by atoms with van der Waals surface area (Å²) in [5.74, 6) is 0. The minimum Gasteiger partial charge on any atom is -0.312 e. The van der Waals surface area contributed by atoms with Crippen molar-refractivity contribution in [1.82, 2.24) is 5.32 Å². The van der Waals surface area contributed by atoms with Crippen LogP contribution in [0.1, 0.15) is 41.5 Å². The molecule has 0 bridgehead atoms. The van der Waals surface area contributed by atoms with Gasteiger partial charge in [0.15, 0.2) is 0 Å². The van der Waals surface area contributed by atoms with E-state index in [1.54, 1.807) is 6.20 Å². The molecule has 2 heteroatoms. The molecular formula is C11H26N2. The SMILES string of the molecule is C/C=C\N=CC(C)NC.CC.CC. The van der Waals surface area contributed by atoms with Crippen molar-refractivity contribution >= 4 is 6.21 Å². The van der Waals surface area contributed by atoms with Crippen LogP contribution in [0.3, 0.4) is 0 Å². The second-order valence-electron chi connectivity index (χ2n) is 1.86. The van der Waals surface area contributed by atoms with Gasteiger partial charge in [0.2, 0.25) is 0 Å². The average molecular weight is 186 g/mol. The summed E-state index contributed by atoms with van der Waals surface area (Å²) in [6.07, 6.45) is 5.53. The zero-order valence-electron chi connectivity index (χ0n) is 10.3. The summed E-state index contributed by atoms with van der Waals surface area (Å²) in [6, 6.07) is 0.362. The molecule has 0 saturated carbocycles. The van der Waals surface area contributed by atoms with Gasteiger partial charge in [-0.2, -0.15) is 0 Å². The molecule has 1 unspecified atom stereocenters. The number of nitrogens with one attached hydrogen (secondary N) is 1. The fourth-order valence-corrected chi connectivity index (χ4v) is 0.339. The molecule has 0 fully saturated rings. The highest BCUT2D eigenvalue weighted by molar-refractivity contribution is 5.64. The fraction of sp³-hybridized carbons (Fsp3) is 0.727. The molecule has 0 aliphatic carbocycles. The molecule has 0 aromatic heterocycles. The van der Waals surface area contributed by atoms with Crippen molar-refractivity contribution in [3.8, 4) is 0 Å². The van der Waals surface area contributed by atoms with Gasteiger partial charge in [0.1, 0.15) is 0 Å². The first-order valence-electron chi connectivity index (χ1n) is 5.13. The van der Waals surface area contributed by atoms with Crippen LogP contribution in [0.4, 0.5) is 0 Å². The first-order chi connectivity index (χ1) is 6.31. The van der Waals surface area contributed by atoms with Crippen molar-refractivity contribution in [2.45, 2.75) is 47.6 Å². The maximum Gasteiger partial charge on any atom is 0.0393 e. The van der Waals surface area contributed by atoms with Crippen molar-refractivity contribution in [1.29, 1.82) is 0 Å². The number of rotatable bonds is 3. The Morgan fingerprint density at radius 1 is 1.15 bits per heavy atom. The molecular weight excluding hydrogens is 160 g/mol. The van der Waals surface area contributed by atoms with Crippen LogP contribution in [0.2, 0.25) is 0 Å². The molecule has 1 atom stereocenters. The molecule has 0 aliphatic heterocycles. The van der Waals surface area contributed by atoms with Crippen LogP contribution >= 0.6 is 0 Å². The summed E-state index contributed by atoms with van der Waals surface area (Å²) in [4.78, 5) is 3.99. The van der Waals surface area contributed by atoms with E-state index in [1.165, 1.54) is 0 Å². The highest BCUT2D eigenvalue weighted by Crippen LogP contribution is 1.75. The van der Waals surface area contributed by atoms with Gasteiger partial charge in [-0.05, 0) is 20.9 Å². The van der Waals surface area contributed by atoms with Gasteiger partial charge in [0, 0.05) is 18.5 Å². The topological polar surface area (TPSA) is 24.4 Å². The smallest absolute Gasteiger partial charge is 0.0393 e. The predicted octanol–water partition coefficient (Wildman–Crippen LogP) is 3.25. The molecule has 0 rings (SSSR count). The number of nitrogens with zero attached hydrogens (tertiary/aromatic N) is 1. The maximum atomic E-state index is 3.99. The Morgan fingerprint density at radius 2 is 1.62 bits per heavy atom. The van der Waals surface area contributed by atoms with E-state index in [1.807, 2.05) is 60.9 Å². The fourth-order valence-electron chi connectivity index (χ4n) is 0.339. The summed E-state index contributed by atoms with van der Waals surface area (Å²) in [5, 5.41) is 3.04. The lowest BCUT2D eigenvalue weighted by Crippen LogP contribution is -2.21. The largest absolute Gasteiger partial charge is 0.312 e. The highest BCUT2D eigenvalue weighted by atomic mass is 14.9. The Bertz CT molecular complexity index is 107. The van der Waals surface area contributed by atoms with E-state index in [2.05, 4.69) is 10.3 Å². The Hall–Kier alpha value is -0.630. The van der Waals surface area contributed by atoms with Gasteiger partial charge in [0.05, 0.1) is 0 Å². The van der Waals surface area contributed by atoms with Gasteiger partial charge in [-0.1, -0.05) is 33.8 Å². The lowest BCUT2D eigenvalue weighted by Gasteiger charge is -1.98. The summed E-state index contributed by atoms with van der Waals surface area (Å²) in [6.45, 7) is 12.0. The van der Waals surface area contributed by atoms with E-state index < -0.39 is 0 Å². The predicted molar refractivity (Wildman–Crippen MR) is 64.5 cm³/mol. The van der Waals surface area contributed by atoms with Crippen LogP contribution in [0.25, 0.3) is 0 Å². The molecule has 0 aromatic carbocycles. The Labute approximate surface area is 84.2 Å². The minimum atomic E-state index is 0.362. The van der Waals surface area contributed by atoms with Gasteiger partial charge in [-0.15, -0.1) is 0 Å². The molecule has 2 nitrogen and oxygen atoms in total. The van der Waals surface area contributed by atoms with Crippen molar-refractivity contribution in [3.05, 3.63) is 12.3 Å². The molecule has 0 amide bonds. The second kappa shape index (κ2) is 22.5. The Balaban J connectivity index is -0.000000218. The van der Waals surface area contributed by atoms with E-state index >= 15 is 0 Å². The van der Waals surface area contributed by atoms with E-state index in [-0.39, 0.29) is 0 Å². The molecule has 0 spiro atoms. The van der Waals surface area contributed by atoms with Gasteiger partial charge in [0.25, 0.3) is 0 Å². The molecule has 0 aliphatic rings. The third kappa shape index (κ3) is 24.6. The van der Waals surface area contributed by atoms with Crippen LogP contribution in [-0.2, 0) is 0 Å². The van der Waals surface area contributed by atoms with Gasteiger partial charge >= 0.3 is 0 Å². The summed E-state index contributed by atoms with van der Waals surface area (Å²) in [5.41, 5.74) is 0. The van der Waals surface area contributed by atoms with Crippen LogP contribution in [0, 0.1) is 0 Å². The van der Waals surface area contributed by atoms with Crippen LogP contribution in [-0.4, -0.2) is 19.3 Å². The monoisotopic (exact) mass is 186 g/mol. The van der Waals surface area contributed by atoms with Crippen LogP contribution in [0.15, 0.2) is 17.3 Å². The van der Waals surface area contributed by atoms with Crippen molar-refractivity contribution < 1.29 is 0 Å². The number of hydrogen-bond acceptors (Lipinski definition) is 2. The van der Waals surface area contributed by atoms with E-state index in [0.717, 1.165) is 0 Å². The third-order valence-electron chi connectivity index (χ3n) is 1.00. The normalized spacial score (nSPS) is 11.6. The molecule has 0 heterocycles. The third-order valence-corrected chi connectivity index (χ3v) is 1.00. The zero-order chi connectivity index (χ0) is 11.1. The van der Waals surface area contributed by atoms with Crippen molar-refractivity contribution in [3.63, 3.8) is 0 Å². The van der Waals surface area contributed by atoms with Crippen molar-refractivity contribution in [2.24, 2.45) is 4.99 Å². The average Bonchev–Trinajstić information content (AvgIpc) is 2.24. The Morgan fingerprint density at radius 3 is 1.92 bits per heavy atom. The molecule has 0 saturated heterocycles. The number of allylic oxidation sites excluding steroid dienone is 1. The Kier molecular flexibility index (Phi) is 31.5. The molecule has 13 heavy (non-hydrogen) atoms. The van der Waals surface area contributed by atoms with E-state index in [4.69, 9.17) is 0 Å². The quantitative estimate of drug-likeness (QED) is 0.672. The lowest BCUT2D eigenvalue weighted by molar-refractivity contribution is 0.774. The van der Waals surface area contributed by atoms with Gasteiger partial charge in [-0.25, -0.2) is 0 Å². The lowest BCUT2D eigenvalue weighted by atomic mass is 10.4. The highest BCUT2D eigenvalue weighted by Gasteiger charge is 1.86. The van der Waals surface area contributed by atoms with Crippen molar-refractivity contribution in [2.75, 3.05) is 7.05 Å². The summed E-state index contributed by atoms with van der Waals surface area (Å²) in [7, 11) is 1.91. The van der Waals surface area contributed by atoms with Gasteiger partial charge < -0.3 is 5.32 Å². The first-order valence-corrected chi connectivity index (χ1v) is 5.13. The number of aliphatic imine (C=N–C) groups is 1. The summed E-state index contributed by atoms with van der Waals surface area (Å²) >= 11 is 0. The summed E-state index contributed by atoms with van der Waals surface area (Å²) < 4.78 is 0. The molecule has 1 N–H and O–H groups in total. The van der Waals surface area contributed by atoms with E-state index in [0.29, 0.717) is 6.04 Å². The molecule has 80 valence electrons. The van der Waals surface area contributed by atoms with E-state index in [9.17, 15) is 0 Å². The van der Waals surface area contributed by atoms with Gasteiger partial charge in [-0.3, -0.25) is 4.99 Å². The minimum absolute atomic E-state index is 0.362. The van der Waals surface area contributed by atoms with Crippen LogP contribution in [0.5, 0.6) is 0 Å². The second-order valence-corrected chi connectivity index (χ2v) is 1.86. The number of hydrogen-bond donors (Lipinski definition) is 1. The first kappa shape index (κ1) is 18.2. The zero-order valence-corrected chi connectivity index (χ0v) is 10.3. The molecule has 0 aromatic rings.